The summed E-state index contributed by atoms with van der Waals surface area (Å²) in [6, 6.07) is 16.3. The van der Waals surface area contributed by atoms with Crippen LogP contribution in [0.3, 0.4) is 0 Å². The maximum Gasteiger partial charge on any atom is 0.257 e. The fourth-order valence-corrected chi connectivity index (χ4v) is 5.31. The van der Waals surface area contributed by atoms with Crippen molar-refractivity contribution < 1.29 is 14.4 Å². The number of rotatable bonds is 12. The first-order valence-corrected chi connectivity index (χ1v) is 14.6. The maximum atomic E-state index is 14.3. The van der Waals surface area contributed by atoms with E-state index in [9.17, 15) is 14.4 Å². The largest absolute Gasteiger partial charge is 0.332 e. The fraction of sp³-hybridized carbons (Fsp3) is 0.441. The monoisotopic (exact) mass is 573 g/mol. The van der Waals surface area contributed by atoms with E-state index in [-0.39, 0.29) is 17.7 Å². The Balaban J connectivity index is 1.95. The zero-order chi connectivity index (χ0) is 31.0. The lowest BCUT2D eigenvalue weighted by Gasteiger charge is -2.35. The van der Waals surface area contributed by atoms with Crippen molar-refractivity contribution in [3.63, 3.8) is 0 Å². The molecular weight excluding hydrogens is 526 g/mol. The second-order valence-corrected chi connectivity index (χ2v) is 12.3. The van der Waals surface area contributed by atoms with E-state index < -0.39 is 17.6 Å². The summed E-state index contributed by atoms with van der Waals surface area (Å²) in [5.41, 5.74) is 12.9. The van der Waals surface area contributed by atoms with Crippen LogP contribution >= 0.6 is 0 Å². The molecule has 0 fully saturated rings. The number of hydrogen-bond donors (Lipinski definition) is 2. The number of carbonyl (C=O) groups is 3. The molecule has 8 heteroatoms. The van der Waals surface area contributed by atoms with Gasteiger partial charge in [-0.1, -0.05) is 79.2 Å². The zero-order valence-corrected chi connectivity index (χ0v) is 26.1. The van der Waals surface area contributed by atoms with E-state index in [0.29, 0.717) is 25.2 Å². The van der Waals surface area contributed by atoms with E-state index in [1.54, 1.807) is 39.3 Å². The number of nitrogens with one attached hydrogen (secondary N) is 1. The molecule has 3 amide bonds. The minimum absolute atomic E-state index is 0.284. The summed E-state index contributed by atoms with van der Waals surface area (Å²) < 4.78 is 0. The van der Waals surface area contributed by atoms with Gasteiger partial charge in [0, 0.05) is 40.2 Å². The van der Waals surface area contributed by atoms with Crippen LogP contribution in [0, 0.1) is 0 Å². The van der Waals surface area contributed by atoms with Crippen LogP contribution in [0.15, 0.2) is 72.3 Å². The molecule has 2 aromatic carbocycles. The first-order chi connectivity index (χ1) is 19.8. The lowest BCUT2D eigenvalue weighted by Crippen LogP contribution is -2.56. The minimum atomic E-state index is -0.799. The predicted molar refractivity (Wildman–Crippen MR) is 169 cm³/mol. The average molecular weight is 574 g/mol. The van der Waals surface area contributed by atoms with Gasteiger partial charge in [0.2, 0.25) is 11.8 Å². The minimum Gasteiger partial charge on any atom is -0.332 e. The Morgan fingerprint density at radius 2 is 1.60 bits per heavy atom. The van der Waals surface area contributed by atoms with Crippen molar-refractivity contribution in [2.45, 2.75) is 70.0 Å². The molecule has 226 valence electrons. The van der Waals surface area contributed by atoms with Gasteiger partial charge in [0.05, 0.1) is 0 Å². The fourth-order valence-electron chi connectivity index (χ4n) is 5.31. The molecule has 2 unspecified atom stereocenters. The summed E-state index contributed by atoms with van der Waals surface area (Å²) in [6.07, 6.45) is 7.40. The van der Waals surface area contributed by atoms with E-state index in [2.05, 4.69) is 30.6 Å². The third-order valence-corrected chi connectivity index (χ3v) is 7.64. The Hall–Kier alpha value is -3.75. The number of carbonyl (C=O) groups excluding carboxylic acids is 3. The van der Waals surface area contributed by atoms with Crippen LogP contribution in [0.25, 0.3) is 6.08 Å². The summed E-state index contributed by atoms with van der Waals surface area (Å²) in [6.45, 7) is 5.97. The second-order valence-electron chi connectivity index (χ2n) is 12.3. The van der Waals surface area contributed by atoms with Crippen molar-refractivity contribution >= 4 is 23.8 Å². The average Bonchev–Trinajstić information content (AvgIpc) is 2.93. The lowest BCUT2D eigenvalue weighted by molar-refractivity contribution is -0.147. The Labute approximate surface area is 251 Å². The third-order valence-electron chi connectivity index (χ3n) is 7.64. The van der Waals surface area contributed by atoms with Gasteiger partial charge in [-0.25, -0.2) is 5.01 Å². The molecule has 0 heterocycles. The first kappa shape index (κ1) is 32.8. The van der Waals surface area contributed by atoms with E-state index in [1.165, 1.54) is 21.4 Å². The van der Waals surface area contributed by atoms with Crippen LogP contribution in [-0.4, -0.2) is 78.3 Å². The van der Waals surface area contributed by atoms with Gasteiger partial charge in [-0.15, -0.1) is 0 Å². The Morgan fingerprint density at radius 3 is 2.24 bits per heavy atom. The Morgan fingerprint density at radius 1 is 0.952 bits per heavy atom. The molecule has 8 nitrogen and oxygen atoms in total. The van der Waals surface area contributed by atoms with Crippen molar-refractivity contribution in [2.24, 2.45) is 5.73 Å². The van der Waals surface area contributed by atoms with Crippen molar-refractivity contribution in [3.05, 3.63) is 89.0 Å². The number of hydrogen-bond acceptors (Lipinski definition) is 5. The summed E-state index contributed by atoms with van der Waals surface area (Å²) in [5.74, 6) is -0.579. The normalized spacial score (nSPS) is 16.4. The number of benzene rings is 2. The molecule has 3 rings (SSSR count). The topological polar surface area (TPSA) is 99.0 Å². The Kier molecular flexibility index (Phi) is 11.3. The van der Waals surface area contributed by atoms with Crippen molar-refractivity contribution in [1.82, 2.24) is 20.2 Å². The number of fused-ring (bicyclic) bond motifs is 1. The number of likely N-dealkylation sites (N-methyl/N-ethyl adjacent to an activating group) is 2. The number of nitrogens with zero attached hydrogens (tertiary/aromatic N) is 3. The number of nitrogens with two attached hydrogens (primary N) is 1. The van der Waals surface area contributed by atoms with Crippen LogP contribution in [0.1, 0.15) is 62.6 Å². The molecule has 0 radical (unpaired) electrons. The molecule has 1 aliphatic carbocycles. The molecule has 3 atom stereocenters. The van der Waals surface area contributed by atoms with Crippen molar-refractivity contribution in [2.75, 3.05) is 28.2 Å². The first-order valence-electron chi connectivity index (χ1n) is 14.6. The lowest BCUT2D eigenvalue weighted by atomic mass is 9.82. The molecule has 1 aliphatic rings. The van der Waals surface area contributed by atoms with Crippen LogP contribution in [0.5, 0.6) is 0 Å². The zero-order valence-electron chi connectivity index (χ0n) is 26.1. The van der Waals surface area contributed by atoms with E-state index in [0.717, 1.165) is 23.1 Å². The molecule has 0 bridgehead atoms. The second kappa shape index (κ2) is 14.4. The molecule has 0 saturated carbocycles. The number of hydrazine groups is 1. The molecular formula is C34H47N5O3. The highest BCUT2D eigenvalue weighted by Crippen LogP contribution is 2.35. The SMILES string of the molecule is CC1CC(C[C@H](C(=O)N(C)C(Cc2ccccc2)C(=O)NN(C)C)N(C)C(=O)/C=C/CC(C)(C)N)=Cc2ccccc21. The standard InChI is InChI=1S/C34H47N5O3/c1-24-20-26(21-27-16-11-12-17-28(24)27)23-30(38(6)31(40)18-13-19-34(2,3)35)33(42)39(7)29(32(41)36-37(4)5)22-25-14-9-8-10-15-25/h8-18,21,24,29-30H,19-20,22-23,35H2,1-7H3,(H,36,41)/b18-13+/t24?,29?,30-/m1/s1. The van der Waals surface area contributed by atoms with Crippen molar-refractivity contribution in [3.8, 4) is 0 Å². The molecule has 0 spiro atoms. The summed E-state index contributed by atoms with van der Waals surface area (Å²) >= 11 is 0. The van der Waals surface area contributed by atoms with Crippen LogP contribution < -0.4 is 11.2 Å². The van der Waals surface area contributed by atoms with Gasteiger partial charge in [0.15, 0.2) is 0 Å². The van der Waals surface area contributed by atoms with Gasteiger partial charge < -0.3 is 15.5 Å². The molecule has 0 saturated heterocycles. The van der Waals surface area contributed by atoms with Crippen LogP contribution in [0.2, 0.25) is 0 Å². The van der Waals surface area contributed by atoms with Gasteiger partial charge in [-0.2, -0.15) is 0 Å². The van der Waals surface area contributed by atoms with E-state index in [1.807, 2.05) is 56.3 Å². The molecule has 3 N–H and O–H groups in total. The molecule has 0 aliphatic heterocycles. The van der Waals surface area contributed by atoms with Crippen LogP contribution in [0.4, 0.5) is 0 Å². The molecule has 2 aromatic rings. The highest BCUT2D eigenvalue weighted by molar-refractivity contribution is 5.95. The quantitative estimate of drug-likeness (QED) is 0.294. The third kappa shape index (κ3) is 9.13. The maximum absolute atomic E-state index is 14.3. The number of amides is 3. The van der Waals surface area contributed by atoms with Gasteiger partial charge in [-0.05, 0) is 61.8 Å². The smallest absolute Gasteiger partial charge is 0.257 e. The van der Waals surface area contributed by atoms with E-state index >= 15 is 0 Å². The highest BCUT2D eigenvalue weighted by Gasteiger charge is 2.36. The molecule has 42 heavy (non-hydrogen) atoms. The van der Waals surface area contributed by atoms with E-state index in [4.69, 9.17) is 5.73 Å². The van der Waals surface area contributed by atoms with Gasteiger partial charge in [0.25, 0.3) is 5.91 Å². The summed E-state index contributed by atoms with van der Waals surface area (Å²) in [4.78, 5) is 44.0. The highest BCUT2D eigenvalue weighted by atomic mass is 16.2. The van der Waals surface area contributed by atoms with Gasteiger partial charge in [0.1, 0.15) is 12.1 Å². The van der Waals surface area contributed by atoms with Crippen LogP contribution in [-0.2, 0) is 20.8 Å². The molecule has 0 aromatic heterocycles. The predicted octanol–water partition coefficient (Wildman–Crippen LogP) is 4.14. The summed E-state index contributed by atoms with van der Waals surface area (Å²) in [5, 5.41) is 1.57. The summed E-state index contributed by atoms with van der Waals surface area (Å²) in [7, 11) is 6.77. The van der Waals surface area contributed by atoms with Gasteiger partial charge >= 0.3 is 0 Å². The Bertz CT molecular complexity index is 1300. The van der Waals surface area contributed by atoms with Gasteiger partial charge in [-0.3, -0.25) is 19.8 Å². The van der Waals surface area contributed by atoms with Crippen molar-refractivity contribution in [1.29, 1.82) is 0 Å².